The van der Waals surface area contributed by atoms with Gasteiger partial charge in [0.05, 0.1) is 17.4 Å². The molecule has 70 valence electrons. The van der Waals surface area contributed by atoms with E-state index in [1.807, 2.05) is 24.3 Å². The van der Waals surface area contributed by atoms with E-state index < -0.39 is 0 Å². The maximum Gasteiger partial charge on any atom is 0.103 e. The molecule has 0 atom stereocenters. The van der Waals surface area contributed by atoms with Gasteiger partial charge in [0.25, 0.3) is 0 Å². The van der Waals surface area contributed by atoms with Gasteiger partial charge in [-0.05, 0) is 12.1 Å². The fourth-order valence-electron chi connectivity index (χ4n) is 1.02. The molecule has 0 aliphatic carbocycles. The normalized spacial score (nSPS) is 9.43. The van der Waals surface area contributed by atoms with Crippen LogP contribution in [0.1, 0.15) is 0 Å². The Bertz CT molecular complexity index is 427. The minimum Gasteiger partial charge on any atom is -0.345 e. The highest BCUT2D eigenvalue weighted by molar-refractivity contribution is 7.07. The van der Waals surface area contributed by atoms with Crippen LogP contribution in [0.4, 0.5) is 0 Å². The molecule has 0 aliphatic heterocycles. The molecular weight excluding hydrogens is 196 g/mol. The highest BCUT2D eigenvalue weighted by Gasteiger charge is 1.88. The number of aromatic amines is 1. The minimum atomic E-state index is 1.03. The Balaban J connectivity index is 0.000000128. The average molecular weight is 204 g/mol. The molecule has 5 heteroatoms. The Kier molecular flexibility index (Phi) is 2.82. The number of H-pyrrole nitrogens is 1. The summed E-state index contributed by atoms with van der Waals surface area (Å²) in [5.74, 6) is 0. The van der Waals surface area contributed by atoms with Crippen LogP contribution in [0.3, 0.4) is 0 Å². The molecule has 2 aromatic heterocycles. The van der Waals surface area contributed by atoms with Crippen LogP contribution in [0, 0.1) is 0 Å². The van der Waals surface area contributed by atoms with Crippen LogP contribution in [0.2, 0.25) is 0 Å². The zero-order chi connectivity index (χ0) is 9.64. The van der Waals surface area contributed by atoms with E-state index >= 15 is 0 Å². The van der Waals surface area contributed by atoms with Crippen molar-refractivity contribution in [2.24, 2.45) is 0 Å². The third kappa shape index (κ3) is 2.14. The van der Waals surface area contributed by atoms with E-state index in [0.29, 0.717) is 0 Å². The van der Waals surface area contributed by atoms with Crippen molar-refractivity contribution in [1.82, 2.24) is 20.2 Å². The number of rotatable bonds is 0. The number of nitrogens with one attached hydrogen (secondary N) is 1. The zero-order valence-electron chi connectivity index (χ0n) is 7.29. The Hall–Kier alpha value is -1.75. The van der Waals surface area contributed by atoms with Crippen molar-refractivity contribution in [3.05, 3.63) is 41.6 Å². The van der Waals surface area contributed by atoms with E-state index in [0.717, 1.165) is 11.0 Å². The SMILES string of the molecule is c1ccc2[nH]cnc2c1.c1nncs1. The molecule has 0 radical (unpaired) electrons. The minimum absolute atomic E-state index is 1.03. The number of para-hydroxylation sites is 2. The topological polar surface area (TPSA) is 54.5 Å². The molecular formula is C9H8N4S. The van der Waals surface area contributed by atoms with Gasteiger partial charge in [-0.25, -0.2) is 4.98 Å². The number of hydrogen-bond donors (Lipinski definition) is 1. The van der Waals surface area contributed by atoms with Gasteiger partial charge in [0.2, 0.25) is 0 Å². The van der Waals surface area contributed by atoms with Crippen molar-refractivity contribution < 1.29 is 0 Å². The third-order valence-electron chi connectivity index (χ3n) is 1.61. The van der Waals surface area contributed by atoms with Gasteiger partial charge >= 0.3 is 0 Å². The highest BCUT2D eigenvalue weighted by Crippen LogP contribution is 2.05. The summed E-state index contributed by atoms with van der Waals surface area (Å²) in [4.78, 5) is 7.07. The first-order valence-corrected chi connectivity index (χ1v) is 4.98. The molecule has 1 N–H and O–H groups in total. The van der Waals surface area contributed by atoms with Crippen LogP contribution in [-0.4, -0.2) is 20.2 Å². The Labute approximate surface area is 84.7 Å². The fourth-order valence-corrected chi connectivity index (χ4v) is 1.29. The van der Waals surface area contributed by atoms with Gasteiger partial charge in [-0.1, -0.05) is 12.1 Å². The standard InChI is InChI=1S/C7H6N2.C2H2N2S/c1-2-4-7-6(3-1)8-5-9-7;1-3-4-2-5-1/h1-5H,(H,8,9);1-2H. The Morgan fingerprint density at radius 1 is 1.07 bits per heavy atom. The van der Waals surface area contributed by atoms with Crippen LogP contribution in [-0.2, 0) is 0 Å². The van der Waals surface area contributed by atoms with E-state index in [1.165, 1.54) is 11.3 Å². The smallest absolute Gasteiger partial charge is 0.103 e. The molecule has 0 bridgehead atoms. The average Bonchev–Trinajstić information content (AvgIpc) is 2.92. The number of benzene rings is 1. The molecule has 0 saturated heterocycles. The molecule has 1 aromatic carbocycles. The first-order chi connectivity index (χ1) is 6.97. The number of hydrogen-bond acceptors (Lipinski definition) is 4. The number of imidazole rings is 1. The van der Waals surface area contributed by atoms with Gasteiger partial charge < -0.3 is 4.98 Å². The van der Waals surface area contributed by atoms with Crippen molar-refractivity contribution in [2.75, 3.05) is 0 Å². The lowest BCUT2D eigenvalue weighted by molar-refractivity contribution is 1.09. The first-order valence-electron chi connectivity index (χ1n) is 4.04. The number of aromatic nitrogens is 4. The van der Waals surface area contributed by atoms with E-state index in [4.69, 9.17) is 0 Å². The molecule has 4 nitrogen and oxygen atoms in total. The lowest BCUT2D eigenvalue weighted by Gasteiger charge is -1.81. The summed E-state index contributed by atoms with van der Waals surface area (Å²) in [6, 6.07) is 7.94. The summed E-state index contributed by atoms with van der Waals surface area (Å²) < 4.78 is 0. The monoisotopic (exact) mass is 204 g/mol. The summed E-state index contributed by atoms with van der Waals surface area (Å²) in [7, 11) is 0. The van der Waals surface area contributed by atoms with E-state index in [9.17, 15) is 0 Å². The zero-order valence-corrected chi connectivity index (χ0v) is 8.11. The highest BCUT2D eigenvalue weighted by atomic mass is 32.1. The van der Waals surface area contributed by atoms with Crippen LogP contribution in [0.25, 0.3) is 11.0 Å². The summed E-state index contributed by atoms with van der Waals surface area (Å²) >= 11 is 1.49. The van der Waals surface area contributed by atoms with Gasteiger partial charge in [-0.2, -0.15) is 0 Å². The summed E-state index contributed by atoms with van der Waals surface area (Å²) in [6.45, 7) is 0. The Morgan fingerprint density at radius 2 is 1.86 bits per heavy atom. The van der Waals surface area contributed by atoms with E-state index in [2.05, 4.69) is 20.2 Å². The second-order valence-electron chi connectivity index (χ2n) is 2.50. The predicted octanol–water partition coefficient (Wildman–Crippen LogP) is 2.10. The van der Waals surface area contributed by atoms with Gasteiger partial charge in [0.15, 0.2) is 0 Å². The summed E-state index contributed by atoms with van der Waals surface area (Å²) in [6.07, 6.45) is 1.70. The van der Waals surface area contributed by atoms with Crippen LogP contribution in [0.15, 0.2) is 41.6 Å². The van der Waals surface area contributed by atoms with Crippen molar-refractivity contribution in [2.45, 2.75) is 0 Å². The quantitative estimate of drug-likeness (QED) is 0.610. The van der Waals surface area contributed by atoms with Gasteiger partial charge in [0.1, 0.15) is 11.0 Å². The Morgan fingerprint density at radius 3 is 2.50 bits per heavy atom. The van der Waals surface area contributed by atoms with E-state index in [-0.39, 0.29) is 0 Å². The van der Waals surface area contributed by atoms with Crippen LogP contribution >= 0.6 is 11.3 Å². The van der Waals surface area contributed by atoms with E-state index in [1.54, 1.807) is 17.3 Å². The van der Waals surface area contributed by atoms with Crippen LogP contribution < -0.4 is 0 Å². The molecule has 3 rings (SSSR count). The van der Waals surface area contributed by atoms with Gasteiger partial charge in [-0.15, -0.1) is 21.5 Å². The fraction of sp³-hybridized carbons (Fsp3) is 0. The predicted molar refractivity (Wildman–Crippen MR) is 56.0 cm³/mol. The molecule has 0 saturated carbocycles. The van der Waals surface area contributed by atoms with Crippen LogP contribution in [0.5, 0.6) is 0 Å². The lowest BCUT2D eigenvalue weighted by atomic mass is 10.3. The molecule has 14 heavy (non-hydrogen) atoms. The maximum atomic E-state index is 4.06. The summed E-state index contributed by atoms with van der Waals surface area (Å²) in [5, 5.41) is 6.98. The molecule has 0 aliphatic rings. The molecule has 0 spiro atoms. The van der Waals surface area contributed by atoms with Crippen molar-refractivity contribution >= 4 is 22.4 Å². The molecule has 0 fully saturated rings. The van der Waals surface area contributed by atoms with Gasteiger partial charge in [-0.3, -0.25) is 0 Å². The van der Waals surface area contributed by atoms with Gasteiger partial charge in [0, 0.05) is 0 Å². The van der Waals surface area contributed by atoms with Crippen molar-refractivity contribution in [1.29, 1.82) is 0 Å². The second-order valence-corrected chi connectivity index (χ2v) is 3.19. The second kappa shape index (κ2) is 4.48. The maximum absolute atomic E-state index is 4.06. The first kappa shape index (κ1) is 8.83. The van der Waals surface area contributed by atoms with Crippen molar-refractivity contribution in [3.63, 3.8) is 0 Å². The summed E-state index contributed by atoms with van der Waals surface area (Å²) in [5.41, 5.74) is 5.48. The third-order valence-corrected chi connectivity index (χ3v) is 2.04. The van der Waals surface area contributed by atoms with Crippen molar-refractivity contribution in [3.8, 4) is 0 Å². The molecule has 0 amide bonds. The number of nitrogens with zero attached hydrogens (tertiary/aromatic N) is 3. The largest absolute Gasteiger partial charge is 0.345 e. The molecule has 2 heterocycles. The lowest BCUT2D eigenvalue weighted by Crippen LogP contribution is -1.63. The molecule has 0 unspecified atom stereocenters. The number of fused-ring (bicyclic) bond motifs is 1. The molecule has 3 aromatic rings.